The van der Waals surface area contributed by atoms with Gasteiger partial charge in [0.25, 0.3) is 0 Å². The predicted octanol–water partition coefficient (Wildman–Crippen LogP) is 3.42. The predicted molar refractivity (Wildman–Crippen MR) is 70.8 cm³/mol. The van der Waals surface area contributed by atoms with Crippen LogP contribution in [0.3, 0.4) is 0 Å². The summed E-state index contributed by atoms with van der Waals surface area (Å²) in [4.78, 5) is 0. The molecule has 2 heterocycles. The molecule has 1 aromatic carbocycles. The van der Waals surface area contributed by atoms with Gasteiger partial charge in [-0.25, -0.2) is 0 Å². The summed E-state index contributed by atoms with van der Waals surface area (Å²) in [5, 5.41) is 3.84. The molecule has 2 aliphatic heterocycles. The lowest BCUT2D eigenvalue weighted by atomic mass is 9.83. The second-order valence-electron chi connectivity index (χ2n) is 4.86. The van der Waals surface area contributed by atoms with Crippen molar-refractivity contribution in [3.05, 3.63) is 33.4 Å². The Balaban J connectivity index is 1.95. The molecule has 0 amide bonds. The van der Waals surface area contributed by atoms with E-state index in [4.69, 9.17) is 0 Å². The van der Waals surface area contributed by atoms with E-state index in [2.05, 4.69) is 52.2 Å². The van der Waals surface area contributed by atoms with Crippen LogP contribution in [-0.2, 0) is 5.54 Å². The van der Waals surface area contributed by atoms with Gasteiger partial charge in [-0.15, -0.1) is 0 Å². The van der Waals surface area contributed by atoms with Gasteiger partial charge in [-0.05, 0) is 72.4 Å². The van der Waals surface area contributed by atoms with Gasteiger partial charge in [0.05, 0.1) is 0 Å². The Labute approximate surface area is 105 Å². The number of rotatable bonds is 1. The van der Waals surface area contributed by atoms with Crippen LogP contribution in [0.2, 0.25) is 0 Å². The Hall–Kier alpha value is -0.0900. The molecule has 2 atom stereocenters. The highest BCUT2D eigenvalue weighted by atomic mass is 127. The SMILES string of the molecule is Ic1ccc(C23CCCC(CC2)N3)cc1. The third-order valence-electron chi connectivity index (χ3n) is 3.95. The zero-order valence-corrected chi connectivity index (χ0v) is 11.0. The average Bonchev–Trinajstić information content (AvgIpc) is 2.56. The van der Waals surface area contributed by atoms with Crippen LogP contribution < -0.4 is 5.32 Å². The first-order valence-electron chi connectivity index (χ1n) is 5.82. The molecular weight excluding hydrogens is 297 g/mol. The Bertz CT molecular complexity index is 355. The van der Waals surface area contributed by atoms with Crippen molar-refractivity contribution < 1.29 is 0 Å². The minimum absolute atomic E-state index is 0.327. The van der Waals surface area contributed by atoms with E-state index in [1.165, 1.54) is 41.2 Å². The number of benzene rings is 1. The van der Waals surface area contributed by atoms with Crippen LogP contribution in [0.25, 0.3) is 0 Å². The standard InChI is InChI=1S/C13H16IN/c14-11-5-3-10(4-6-11)13-8-1-2-12(15-13)7-9-13/h3-6,12,15H,1-2,7-9H2. The first kappa shape index (κ1) is 10.1. The normalized spacial score (nSPS) is 34.3. The highest BCUT2D eigenvalue weighted by molar-refractivity contribution is 14.1. The third-order valence-corrected chi connectivity index (χ3v) is 4.67. The molecular formula is C13H16IN. The fourth-order valence-electron chi connectivity index (χ4n) is 3.16. The highest BCUT2D eigenvalue weighted by Crippen LogP contribution is 2.42. The average molecular weight is 313 g/mol. The zero-order chi connectivity index (χ0) is 10.3. The van der Waals surface area contributed by atoms with Gasteiger partial charge < -0.3 is 5.32 Å². The lowest BCUT2D eigenvalue weighted by Gasteiger charge is -2.35. The first-order chi connectivity index (χ1) is 7.28. The maximum absolute atomic E-state index is 3.84. The van der Waals surface area contributed by atoms with Crippen LogP contribution in [0.4, 0.5) is 0 Å². The van der Waals surface area contributed by atoms with Crippen LogP contribution in [0.5, 0.6) is 0 Å². The van der Waals surface area contributed by atoms with Crippen molar-refractivity contribution >= 4 is 22.6 Å². The molecule has 0 spiro atoms. The van der Waals surface area contributed by atoms with Crippen LogP contribution in [0.15, 0.2) is 24.3 Å². The Morgan fingerprint density at radius 1 is 1.13 bits per heavy atom. The molecule has 1 aromatic rings. The summed E-state index contributed by atoms with van der Waals surface area (Å²) < 4.78 is 1.33. The summed E-state index contributed by atoms with van der Waals surface area (Å²) in [6, 6.07) is 9.87. The molecule has 2 fully saturated rings. The summed E-state index contributed by atoms with van der Waals surface area (Å²) in [5.74, 6) is 0. The van der Waals surface area contributed by atoms with Gasteiger partial charge >= 0.3 is 0 Å². The monoisotopic (exact) mass is 313 g/mol. The van der Waals surface area contributed by atoms with Gasteiger partial charge in [0, 0.05) is 15.2 Å². The van der Waals surface area contributed by atoms with E-state index < -0.39 is 0 Å². The molecule has 2 bridgehead atoms. The van der Waals surface area contributed by atoms with Crippen molar-refractivity contribution in [1.82, 2.24) is 5.32 Å². The molecule has 3 rings (SSSR count). The van der Waals surface area contributed by atoms with Crippen LogP contribution in [0.1, 0.15) is 37.7 Å². The fourth-order valence-corrected chi connectivity index (χ4v) is 3.52. The largest absolute Gasteiger partial charge is 0.305 e. The van der Waals surface area contributed by atoms with Crippen LogP contribution in [-0.4, -0.2) is 6.04 Å². The summed E-state index contributed by atoms with van der Waals surface area (Å²) >= 11 is 2.37. The van der Waals surface area contributed by atoms with Gasteiger partial charge in [-0.3, -0.25) is 0 Å². The van der Waals surface area contributed by atoms with E-state index >= 15 is 0 Å². The lowest BCUT2D eigenvalue weighted by Crippen LogP contribution is -2.43. The Morgan fingerprint density at radius 2 is 1.93 bits per heavy atom. The summed E-state index contributed by atoms with van der Waals surface area (Å²) in [6.45, 7) is 0. The molecule has 2 aliphatic rings. The second-order valence-corrected chi connectivity index (χ2v) is 6.11. The van der Waals surface area contributed by atoms with Gasteiger partial charge in [0.2, 0.25) is 0 Å². The molecule has 2 saturated heterocycles. The number of nitrogens with one attached hydrogen (secondary N) is 1. The fraction of sp³-hybridized carbons (Fsp3) is 0.538. The molecule has 0 radical (unpaired) electrons. The molecule has 1 nitrogen and oxygen atoms in total. The Morgan fingerprint density at radius 3 is 2.73 bits per heavy atom. The molecule has 0 saturated carbocycles. The molecule has 1 N–H and O–H groups in total. The van der Waals surface area contributed by atoms with Gasteiger partial charge in [0.1, 0.15) is 0 Å². The molecule has 2 heteroatoms. The van der Waals surface area contributed by atoms with Gasteiger partial charge in [0.15, 0.2) is 0 Å². The van der Waals surface area contributed by atoms with Crippen molar-refractivity contribution in [2.45, 2.75) is 43.7 Å². The number of piperidine rings is 1. The van der Waals surface area contributed by atoms with Crippen LogP contribution in [0, 0.1) is 3.57 Å². The number of hydrogen-bond acceptors (Lipinski definition) is 1. The van der Waals surface area contributed by atoms with Gasteiger partial charge in [-0.2, -0.15) is 0 Å². The number of halogens is 1. The number of fused-ring (bicyclic) bond motifs is 2. The summed E-state index contributed by atoms with van der Waals surface area (Å²) in [6.07, 6.45) is 6.80. The minimum Gasteiger partial charge on any atom is -0.305 e. The van der Waals surface area contributed by atoms with Crippen molar-refractivity contribution in [3.8, 4) is 0 Å². The van der Waals surface area contributed by atoms with Crippen molar-refractivity contribution in [2.75, 3.05) is 0 Å². The molecule has 80 valence electrons. The van der Waals surface area contributed by atoms with Crippen molar-refractivity contribution in [1.29, 1.82) is 0 Å². The quantitative estimate of drug-likeness (QED) is 0.784. The molecule has 0 aliphatic carbocycles. The molecule has 15 heavy (non-hydrogen) atoms. The van der Waals surface area contributed by atoms with E-state index in [1.807, 2.05) is 0 Å². The van der Waals surface area contributed by atoms with E-state index in [0.717, 1.165) is 6.04 Å². The maximum atomic E-state index is 3.84. The molecule has 2 unspecified atom stereocenters. The highest BCUT2D eigenvalue weighted by Gasteiger charge is 2.42. The van der Waals surface area contributed by atoms with Gasteiger partial charge in [-0.1, -0.05) is 12.1 Å². The zero-order valence-electron chi connectivity index (χ0n) is 8.80. The van der Waals surface area contributed by atoms with Crippen molar-refractivity contribution in [3.63, 3.8) is 0 Å². The second kappa shape index (κ2) is 3.74. The number of hydrogen-bond donors (Lipinski definition) is 1. The maximum Gasteiger partial charge on any atom is 0.0437 e. The minimum atomic E-state index is 0.327. The smallest absolute Gasteiger partial charge is 0.0437 e. The topological polar surface area (TPSA) is 12.0 Å². The molecule has 0 aromatic heterocycles. The van der Waals surface area contributed by atoms with E-state index in [9.17, 15) is 0 Å². The van der Waals surface area contributed by atoms with Crippen molar-refractivity contribution in [2.24, 2.45) is 0 Å². The summed E-state index contributed by atoms with van der Waals surface area (Å²) in [5.41, 5.74) is 1.83. The van der Waals surface area contributed by atoms with Crippen LogP contribution >= 0.6 is 22.6 Å². The van der Waals surface area contributed by atoms with E-state index in [1.54, 1.807) is 0 Å². The third kappa shape index (κ3) is 1.72. The van der Waals surface area contributed by atoms with E-state index in [-0.39, 0.29) is 0 Å². The lowest BCUT2D eigenvalue weighted by molar-refractivity contribution is 0.280. The first-order valence-corrected chi connectivity index (χ1v) is 6.90. The van der Waals surface area contributed by atoms with E-state index in [0.29, 0.717) is 5.54 Å². The summed E-state index contributed by atoms with van der Waals surface area (Å²) in [7, 11) is 0. The Kier molecular flexibility index (Phi) is 2.51.